The monoisotopic (exact) mass is 447 g/mol. The first-order chi connectivity index (χ1) is 10.9. The van der Waals surface area contributed by atoms with Gasteiger partial charge in [0, 0.05) is 17.6 Å². The van der Waals surface area contributed by atoms with Crippen LogP contribution in [0.15, 0.2) is 24.4 Å². The van der Waals surface area contributed by atoms with E-state index in [-0.39, 0.29) is 12.6 Å². The number of amides is 3. The van der Waals surface area contributed by atoms with Gasteiger partial charge in [0.25, 0.3) is 5.91 Å². The molecule has 0 fully saturated rings. The fourth-order valence-electron chi connectivity index (χ4n) is 1.88. The van der Waals surface area contributed by atoms with E-state index in [9.17, 15) is 9.59 Å². The third kappa shape index (κ3) is 4.68. The molecule has 0 saturated carbocycles. The standard InChI is InChI=1S/C15H15ClIN3O3/c1-8(2)19-15(22)20-12(21)7-23-14-11(17)6-10(16)9-4-3-5-18-13(9)14/h3-6,8H,7H2,1-2H3,(H2,19,20,21,22). The van der Waals surface area contributed by atoms with Crippen molar-refractivity contribution in [3.8, 4) is 5.75 Å². The summed E-state index contributed by atoms with van der Waals surface area (Å²) in [6.45, 7) is 3.30. The van der Waals surface area contributed by atoms with Crippen molar-refractivity contribution in [1.82, 2.24) is 15.6 Å². The number of ether oxygens (including phenoxy) is 1. The number of rotatable bonds is 4. The lowest BCUT2D eigenvalue weighted by Crippen LogP contribution is -2.44. The average molecular weight is 448 g/mol. The summed E-state index contributed by atoms with van der Waals surface area (Å²) in [5, 5.41) is 6.06. The first kappa shape index (κ1) is 17.7. The van der Waals surface area contributed by atoms with Crippen molar-refractivity contribution in [3.63, 3.8) is 0 Å². The number of hydrogen-bond acceptors (Lipinski definition) is 4. The molecule has 0 atom stereocenters. The molecule has 0 unspecified atom stereocenters. The highest BCUT2D eigenvalue weighted by Gasteiger charge is 2.15. The average Bonchev–Trinajstić information content (AvgIpc) is 2.46. The van der Waals surface area contributed by atoms with Crippen LogP contribution in [-0.2, 0) is 4.79 Å². The molecule has 3 amide bonds. The van der Waals surface area contributed by atoms with Gasteiger partial charge in [0.15, 0.2) is 12.4 Å². The molecule has 2 rings (SSSR count). The molecular formula is C15H15ClIN3O3. The van der Waals surface area contributed by atoms with Crippen LogP contribution in [0.5, 0.6) is 5.75 Å². The number of fused-ring (bicyclic) bond motifs is 1. The summed E-state index contributed by atoms with van der Waals surface area (Å²) in [6.07, 6.45) is 1.62. The van der Waals surface area contributed by atoms with E-state index in [2.05, 4.69) is 38.2 Å². The predicted molar refractivity (Wildman–Crippen MR) is 96.8 cm³/mol. The Kier molecular flexibility index (Phi) is 6.00. The summed E-state index contributed by atoms with van der Waals surface area (Å²) < 4.78 is 6.29. The third-order valence-corrected chi connectivity index (χ3v) is 3.88. The van der Waals surface area contributed by atoms with Gasteiger partial charge < -0.3 is 10.1 Å². The molecule has 8 heteroatoms. The van der Waals surface area contributed by atoms with Crippen LogP contribution in [0.2, 0.25) is 5.02 Å². The maximum Gasteiger partial charge on any atom is 0.321 e. The van der Waals surface area contributed by atoms with Crippen LogP contribution in [0.3, 0.4) is 0 Å². The van der Waals surface area contributed by atoms with E-state index in [1.54, 1.807) is 32.2 Å². The van der Waals surface area contributed by atoms with Crippen LogP contribution in [0, 0.1) is 3.57 Å². The molecule has 1 aromatic carbocycles. The van der Waals surface area contributed by atoms with Gasteiger partial charge in [-0.15, -0.1) is 0 Å². The third-order valence-electron chi connectivity index (χ3n) is 2.77. The molecule has 122 valence electrons. The van der Waals surface area contributed by atoms with Gasteiger partial charge >= 0.3 is 6.03 Å². The van der Waals surface area contributed by atoms with Crippen LogP contribution in [0.1, 0.15) is 13.8 Å². The van der Waals surface area contributed by atoms with Crippen LogP contribution in [0.25, 0.3) is 10.9 Å². The van der Waals surface area contributed by atoms with Crippen LogP contribution in [-0.4, -0.2) is 29.6 Å². The second-order valence-corrected chi connectivity index (χ2v) is 6.60. The van der Waals surface area contributed by atoms with Crippen molar-refractivity contribution in [3.05, 3.63) is 33.0 Å². The van der Waals surface area contributed by atoms with E-state index in [0.29, 0.717) is 16.3 Å². The Hall–Kier alpha value is -1.61. The van der Waals surface area contributed by atoms with Crippen molar-refractivity contribution >= 4 is 57.0 Å². The summed E-state index contributed by atoms with van der Waals surface area (Å²) in [5.74, 6) is -0.0806. The van der Waals surface area contributed by atoms with E-state index < -0.39 is 11.9 Å². The number of benzene rings is 1. The van der Waals surface area contributed by atoms with Gasteiger partial charge in [-0.25, -0.2) is 4.79 Å². The number of aromatic nitrogens is 1. The Morgan fingerprint density at radius 2 is 2.17 bits per heavy atom. The zero-order valence-corrected chi connectivity index (χ0v) is 15.4. The number of carbonyl (C=O) groups excluding carboxylic acids is 2. The van der Waals surface area contributed by atoms with Crippen molar-refractivity contribution < 1.29 is 14.3 Å². The van der Waals surface area contributed by atoms with Crippen molar-refractivity contribution in [2.24, 2.45) is 0 Å². The normalized spacial score (nSPS) is 10.7. The highest BCUT2D eigenvalue weighted by Crippen LogP contribution is 2.34. The van der Waals surface area contributed by atoms with E-state index in [4.69, 9.17) is 16.3 Å². The Balaban J connectivity index is 2.11. The molecule has 0 aliphatic carbocycles. The molecule has 0 aliphatic rings. The predicted octanol–water partition coefficient (Wildman–Crippen LogP) is 3.11. The zero-order valence-electron chi connectivity index (χ0n) is 12.5. The number of urea groups is 1. The summed E-state index contributed by atoms with van der Waals surface area (Å²) in [7, 11) is 0. The zero-order chi connectivity index (χ0) is 17.0. The Morgan fingerprint density at radius 3 is 2.87 bits per heavy atom. The molecule has 0 aliphatic heterocycles. The van der Waals surface area contributed by atoms with Gasteiger partial charge in [0.1, 0.15) is 5.52 Å². The first-order valence-corrected chi connectivity index (χ1v) is 8.30. The van der Waals surface area contributed by atoms with Gasteiger partial charge in [0.05, 0.1) is 8.59 Å². The number of halogens is 2. The van der Waals surface area contributed by atoms with E-state index in [0.717, 1.165) is 8.96 Å². The molecule has 0 spiro atoms. The number of nitrogens with zero attached hydrogens (tertiary/aromatic N) is 1. The van der Waals surface area contributed by atoms with Crippen molar-refractivity contribution in [2.45, 2.75) is 19.9 Å². The molecule has 1 aromatic heterocycles. The molecule has 1 heterocycles. The number of carbonyl (C=O) groups is 2. The highest BCUT2D eigenvalue weighted by molar-refractivity contribution is 14.1. The van der Waals surface area contributed by atoms with Crippen molar-refractivity contribution in [2.75, 3.05) is 6.61 Å². The molecule has 23 heavy (non-hydrogen) atoms. The van der Waals surface area contributed by atoms with E-state index >= 15 is 0 Å². The smallest absolute Gasteiger partial charge is 0.321 e. The number of pyridine rings is 1. The minimum Gasteiger partial charge on any atom is -0.480 e. The summed E-state index contributed by atoms with van der Waals surface area (Å²) >= 11 is 8.24. The van der Waals surface area contributed by atoms with Crippen LogP contribution in [0.4, 0.5) is 4.79 Å². The Labute approximate surface area is 152 Å². The maximum atomic E-state index is 11.8. The SMILES string of the molecule is CC(C)NC(=O)NC(=O)COc1c(I)cc(Cl)c2cccnc12. The van der Waals surface area contributed by atoms with Crippen LogP contribution < -0.4 is 15.4 Å². The maximum absolute atomic E-state index is 11.8. The molecule has 0 radical (unpaired) electrons. The molecule has 0 saturated heterocycles. The Bertz CT molecular complexity index is 752. The topological polar surface area (TPSA) is 80.3 Å². The van der Waals surface area contributed by atoms with Gasteiger partial charge in [-0.3, -0.25) is 15.1 Å². The van der Waals surface area contributed by atoms with Gasteiger partial charge in [0.2, 0.25) is 0 Å². The van der Waals surface area contributed by atoms with Crippen molar-refractivity contribution in [1.29, 1.82) is 0 Å². The van der Waals surface area contributed by atoms with Crippen LogP contribution >= 0.6 is 34.2 Å². The highest BCUT2D eigenvalue weighted by atomic mass is 127. The Morgan fingerprint density at radius 1 is 1.43 bits per heavy atom. The summed E-state index contributed by atoms with van der Waals surface area (Å²) in [5.41, 5.74) is 0.573. The minimum atomic E-state index is -0.553. The van der Waals surface area contributed by atoms with E-state index in [1.165, 1.54) is 0 Å². The molecule has 6 nitrogen and oxygen atoms in total. The minimum absolute atomic E-state index is 0.0610. The second kappa shape index (κ2) is 7.78. The lowest BCUT2D eigenvalue weighted by Gasteiger charge is -2.12. The number of hydrogen-bond donors (Lipinski definition) is 2. The van der Waals surface area contributed by atoms with Gasteiger partial charge in [-0.2, -0.15) is 0 Å². The molecule has 0 bridgehead atoms. The fraction of sp³-hybridized carbons (Fsp3) is 0.267. The largest absolute Gasteiger partial charge is 0.480 e. The lowest BCUT2D eigenvalue weighted by atomic mass is 10.2. The van der Waals surface area contributed by atoms with Gasteiger partial charge in [-0.05, 0) is 54.6 Å². The molecule has 2 N–H and O–H groups in total. The number of nitrogens with one attached hydrogen (secondary N) is 2. The second-order valence-electron chi connectivity index (χ2n) is 5.03. The lowest BCUT2D eigenvalue weighted by molar-refractivity contribution is -0.122. The number of imide groups is 1. The van der Waals surface area contributed by atoms with E-state index in [1.807, 2.05) is 6.07 Å². The summed E-state index contributed by atoms with van der Waals surface area (Å²) in [6, 6.07) is 4.72. The molecular weight excluding hydrogens is 433 g/mol. The van der Waals surface area contributed by atoms with Gasteiger partial charge in [-0.1, -0.05) is 11.6 Å². The quantitative estimate of drug-likeness (QED) is 0.706. The fourth-order valence-corrected chi connectivity index (χ4v) is 3.05. The molecule has 2 aromatic rings. The summed E-state index contributed by atoms with van der Waals surface area (Å²) in [4.78, 5) is 27.5. The first-order valence-electron chi connectivity index (χ1n) is 6.84.